The predicted octanol–water partition coefficient (Wildman–Crippen LogP) is 2.23. The molecule has 0 radical (unpaired) electrons. The van der Waals surface area contributed by atoms with E-state index in [1.165, 1.54) is 15.6 Å². The van der Waals surface area contributed by atoms with E-state index in [1.54, 1.807) is 49.6 Å². The Bertz CT molecular complexity index is 1060. The lowest BCUT2D eigenvalue weighted by molar-refractivity contribution is 0.244. The van der Waals surface area contributed by atoms with E-state index in [4.69, 9.17) is 4.74 Å². The third kappa shape index (κ3) is 2.55. The molecule has 4 rings (SSSR count). The summed E-state index contributed by atoms with van der Waals surface area (Å²) < 4.78 is 21.5. The van der Waals surface area contributed by atoms with Crippen molar-refractivity contribution < 1.29 is 13.9 Å². The van der Waals surface area contributed by atoms with Gasteiger partial charge in [-0.3, -0.25) is 4.90 Å². The molecule has 1 aromatic heterocycles. The fourth-order valence-electron chi connectivity index (χ4n) is 2.99. The Morgan fingerprint density at radius 2 is 1.96 bits per heavy atom. The largest absolute Gasteiger partial charge is 0.497 e. The molecule has 0 saturated heterocycles. The molecular formula is C18H15FN4O3. The van der Waals surface area contributed by atoms with Crippen molar-refractivity contribution in [2.75, 3.05) is 12.0 Å². The molecule has 0 aliphatic carbocycles. The van der Waals surface area contributed by atoms with Gasteiger partial charge in [-0.15, -0.1) is 0 Å². The molecule has 132 valence electrons. The smallest absolute Gasteiger partial charge is 0.364 e. The second kappa shape index (κ2) is 6.14. The molecule has 0 unspecified atom stereocenters. The van der Waals surface area contributed by atoms with Gasteiger partial charge in [0.2, 0.25) is 0 Å². The summed E-state index contributed by atoms with van der Waals surface area (Å²) in [4.78, 5) is 30.5. The fourth-order valence-corrected chi connectivity index (χ4v) is 2.99. The van der Waals surface area contributed by atoms with E-state index in [9.17, 15) is 14.0 Å². The Morgan fingerprint density at radius 1 is 1.15 bits per heavy atom. The van der Waals surface area contributed by atoms with Crippen molar-refractivity contribution in [1.82, 2.24) is 14.3 Å². The number of methoxy groups -OCH3 is 1. The summed E-state index contributed by atoms with van der Waals surface area (Å²) in [5.74, 6) is 0.493. The number of nitrogens with zero attached hydrogens (tertiary/aromatic N) is 4. The molecule has 0 spiro atoms. The van der Waals surface area contributed by atoms with Crippen molar-refractivity contribution in [2.45, 2.75) is 13.1 Å². The van der Waals surface area contributed by atoms with Crippen LogP contribution in [0.25, 0.3) is 0 Å². The lowest BCUT2D eigenvalue weighted by Crippen LogP contribution is -2.34. The van der Waals surface area contributed by atoms with Crippen LogP contribution in [0, 0.1) is 5.82 Å². The fraction of sp³-hybridized carbons (Fsp3) is 0.167. The monoisotopic (exact) mass is 354 g/mol. The summed E-state index contributed by atoms with van der Waals surface area (Å²) >= 11 is 0. The molecule has 0 saturated carbocycles. The number of carbonyl (C=O) groups is 1. The third-order valence-corrected chi connectivity index (χ3v) is 4.29. The molecule has 0 bridgehead atoms. The van der Waals surface area contributed by atoms with Crippen LogP contribution in [0.4, 0.5) is 14.9 Å². The highest BCUT2D eigenvalue weighted by Crippen LogP contribution is 2.26. The number of halogens is 1. The Morgan fingerprint density at radius 3 is 2.73 bits per heavy atom. The van der Waals surface area contributed by atoms with Crippen molar-refractivity contribution in [3.05, 3.63) is 76.2 Å². The quantitative estimate of drug-likeness (QED) is 0.720. The van der Waals surface area contributed by atoms with Crippen LogP contribution >= 0.6 is 0 Å². The van der Waals surface area contributed by atoms with E-state index in [0.717, 1.165) is 4.68 Å². The van der Waals surface area contributed by atoms with Gasteiger partial charge in [0.15, 0.2) is 5.82 Å². The van der Waals surface area contributed by atoms with Crippen LogP contribution < -0.4 is 15.3 Å². The number of hydrogen-bond acceptors (Lipinski definition) is 4. The standard InChI is InChI=1S/C18H15FN4O3/c1-26-14-7-4-6-13(9-14)21-11-16-20-17(24)22(23(16)18(21)25)10-12-5-2-3-8-15(12)19/h2-9H,10-11H2,1H3. The van der Waals surface area contributed by atoms with Gasteiger partial charge < -0.3 is 4.74 Å². The van der Waals surface area contributed by atoms with Gasteiger partial charge in [0.05, 0.1) is 20.2 Å². The molecule has 1 aliphatic heterocycles. The molecule has 3 aromatic rings. The molecule has 0 atom stereocenters. The summed E-state index contributed by atoms with van der Waals surface area (Å²) in [5, 5.41) is 0. The summed E-state index contributed by atoms with van der Waals surface area (Å²) in [6.07, 6.45) is 0. The van der Waals surface area contributed by atoms with Crippen LogP contribution in [-0.2, 0) is 13.1 Å². The first kappa shape index (κ1) is 16.1. The highest BCUT2D eigenvalue weighted by atomic mass is 19.1. The zero-order valence-corrected chi connectivity index (χ0v) is 13.9. The Balaban J connectivity index is 1.71. The van der Waals surface area contributed by atoms with E-state index < -0.39 is 17.5 Å². The maximum absolute atomic E-state index is 13.9. The summed E-state index contributed by atoms with van der Waals surface area (Å²) in [6.45, 7) is 0.0850. The number of rotatable bonds is 4. The number of fused-ring (bicyclic) bond motifs is 1. The van der Waals surface area contributed by atoms with E-state index in [2.05, 4.69) is 4.98 Å². The van der Waals surface area contributed by atoms with Gasteiger partial charge in [0, 0.05) is 17.3 Å². The van der Waals surface area contributed by atoms with Gasteiger partial charge in [0.1, 0.15) is 11.6 Å². The van der Waals surface area contributed by atoms with Crippen LogP contribution in [0.1, 0.15) is 11.4 Å². The maximum atomic E-state index is 13.9. The number of amides is 1. The van der Waals surface area contributed by atoms with E-state index in [0.29, 0.717) is 22.8 Å². The first-order chi connectivity index (χ1) is 12.6. The highest BCUT2D eigenvalue weighted by molar-refractivity contribution is 5.95. The number of hydrogen-bond donors (Lipinski definition) is 0. The molecule has 0 fully saturated rings. The molecule has 1 aliphatic rings. The Hall–Kier alpha value is -3.42. The molecule has 8 heteroatoms. The summed E-state index contributed by atoms with van der Waals surface area (Å²) in [7, 11) is 1.54. The Kier molecular flexibility index (Phi) is 3.80. The van der Waals surface area contributed by atoms with Crippen molar-refractivity contribution in [3.63, 3.8) is 0 Å². The van der Waals surface area contributed by atoms with Crippen molar-refractivity contribution in [1.29, 1.82) is 0 Å². The normalized spacial score (nSPS) is 13.2. The molecule has 0 N–H and O–H groups in total. The van der Waals surface area contributed by atoms with E-state index in [-0.39, 0.29) is 13.1 Å². The minimum absolute atomic E-state index is 0.0732. The number of carbonyl (C=O) groups excluding carboxylic acids is 1. The van der Waals surface area contributed by atoms with Crippen molar-refractivity contribution in [2.24, 2.45) is 0 Å². The van der Waals surface area contributed by atoms with Crippen LogP contribution in [-0.4, -0.2) is 27.5 Å². The third-order valence-electron chi connectivity index (χ3n) is 4.29. The van der Waals surface area contributed by atoms with Gasteiger partial charge in [-0.05, 0) is 18.2 Å². The first-order valence-electron chi connectivity index (χ1n) is 7.96. The first-order valence-corrected chi connectivity index (χ1v) is 7.96. The molecule has 1 amide bonds. The zero-order chi connectivity index (χ0) is 18.3. The number of benzene rings is 2. The molecule has 2 aromatic carbocycles. The Labute approximate surface area is 147 Å². The lowest BCUT2D eigenvalue weighted by Gasteiger charge is -2.16. The minimum atomic E-state index is -0.582. The highest BCUT2D eigenvalue weighted by Gasteiger charge is 2.33. The number of aromatic nitrogens is 3. The van der Waals surface area contributed by atoms with Gasteiger partial charge in [0.25, 0.3) is 0 Å². The molecule has 26 heavy (non-hydrogen) atoms. The molecule has 2 heterocycles. The van der Waals surface area contributed by atoms with Crippen LogP contribution in [0.5, 0.6) is 5.75 Å². The SMILES string of the molecule is COc1cccc(N2Cc3nc(=O)n(Cc4ccccc4F)n3C2=O)c1. The van der Waals surface area contributed by atoms with Gasteiger partial charge in [-0.1, -0.05) is 24.3 Å². The second-order valence-corrected chi connectivity index (χ2v) is 5.84. The number of anilines is 1. The van der Waals surface area contributed by atoms with Crippen molar-refractivity contribution in [3.8, 4) is 5.75 Å². The average Bonchev–Trinajstić information content (AvgIpc) is 3.13. The van der Waals surface area contributed by atoms with Gasteiger partial charge in [-0.25, -0.2) is 18.7 Å². The van der Waals surface area contributed by atoms with Crippen LogP contribution in [0.3, 0.4) is 0 Å². The van der Waals surface area contributed by atoms with Crippen LogP contribution in [0.15, 0.2) is 53.3 Å². The predicted molar refractivity (Wildman–Crippen MR) is 92.0 cm³/mol. The van der Waals surface area contributed by atoms with Crippen LogP contribution in [0.2, 0.25) is 0 Å². The zero-order valence-electron chi connectivity index (χ0n) is 13.9. The van der Waals surface area contributed by atoms with E-state index >= 15 is 0 Å². The summed E-state index contributed by atoms with van der Waals surface area (Å²) in [5.41, 5.74) is 0.358. The average molecular weight is 354 g/mol. The second-order valence-electron chi connectivity index (χ2n) is 5.84. The maximum Gasteiger partial charge on any atom is 0.364 e. The van der Waals surface area contributed by atoms with Crippen molar-refractivity contribution >= 4 is 11.7 Å². The number of ether oxygens (including phenoxy) is 1. The van der Waals surface area contributed by atoms with Gasteiger partial charge in [-0.2, -0.15) is 9.67 Å². The lowest BCUT2D eigenvalue weighted by atomic mass is 10.2. The molecular weight excluding hydrogens is 339 g/mol. The van der Waals surface area contributed by atoms with E-state index in [1.807, 2.05) is 0 Å². The summed E-state index contributed by atoms with van der Waals surface area (Å²) in [6, 6.07) is 12.8. The van der Waals surface area contributed by atoms with Gasteiger partial charge >= 0.3 is 11.7 Å². The topological polar surface area (TPSA) is 69.4 Å². The molecule has 7 nitrogen and oxygen atoms in total. The minimum Gasteiger partial charge on any atom is -0.497 e.